The minimum absolute atomic E-state index is 0.0255. The second-order valence-corrected chi connectivity index (χ2v) is 4.82. The summed E-state index contributed by atoms with van der Waals surface area (Å²) in [6.45, 7) is 3.61. The van der Waals surface area contributed by atoms with E-state index in [1.165, 1.54) is 25.0 Å². The van der Waals surface area contributed by atoms with Crippen LogP contribution in [0.25, 0.3) is 6.08 Å². The first-order chi connectivity index (χ1) is 8.67. The summed E-state index contributed by atoms with van der Waals surface area (Å²) in [4.78, 5) is 11.8. The largest absolute Gasteiger partial charge is 0.353 e. The predicted octanol–water partition coefficient (Wildman–Crippen LogP) is 3.07. The monoisotopic (exact) mass is 247 g/mol. The lowest BCUT2D eigenvalue weighted by molar-refractivity contribution is -0.121. The minimum Gasteiger partial charge on any atom is -0.353 e. The summed E-state index contributed by atoms with van der Waals surface area (Å²) >= 11 is 0. The Morgan fingerprint density at radius 3 is 2.78 bits per heavy atom. The van der Waals surface area contributed by atoms with E-state index < -0.39 is 0 Å². The molecule has 3 heteroatoms. The Hall–Kier alpha value is -1.64. The van der Waals surface area contributed by atoms with Gasteiger partial charge in [-0.05, 0) is 36.1 Å². The molecule has 1 aliphatic rings. The molecular formula is C15H18FNO. The van der Waals surface area contributed by atoms with E-state index in [1.54, 1.807) is 12.1 Å². The quantitative estimate of drug-likeness (QED) is 0.870. The van der Waals surface area contributed by atoms with Gasteiger partial charge in [-0.15, -0.1) is 0 Å². The molecule has 1 saturated carbocycles. The highest BCUT2D eigenvalue weighted by molar-refractivity contribution is 5.79. The lowest BCUT2D eigenvalue weighted by atomic mass is 10.1. The average Bonchev–Trinajstić information content (AvgIpc) is 2.80. The fraction of sp³-hybridized carbons (Fsp3) is 0.400. The average molecular weight is 247 g/mol. The van der Waals surface area contributed by atoms with Gasteiger partial charge >= 0.3 is 0 Å². The Morgan fingerprint density at radius 2 is 2.11 bits per heavy atom. The number of hydrogen-bond donors (Lipinski definition) is 1. The maximum absolute atomic E-state index is 13.3. The number of nitrogens with one attached hydrogen (secondary N) is 1. The molecule has 0 aromatic heterocycles. The minimum atomic E-state index is -0.323. The molecule has 2 nitrogen and oxygen atoms in total. The highest BCUT2D eigenvalue weighted by atomic mass is 19.1. The van der Waals surface area contributed by atoms with Gasteiger partial charge in [0.05, 0.1) is 6.42 Å². The molecule has 96 valence electrons. The van der Waals surface area contributed by atoms with Crippen molar-refractivity contribution in [3.05, 3.63) is 41.7 Å². The zero-order valence-electron chi connectivity index (χ0n) is 10.4. The van der Waals surface area contributed by atoms with E-state index in [0.29, 0.717) is 17.2 Å². The predicted molar refractivity (Wildman–Crippen MR) is 70.6 cm³/mol. The number of hydrogen-bond acceptors (Lipinski definition) is 1. The molecule has 2 rings (SSSR count). The van der Waals surface area contributed by atoms with E-state index in [-0.39, 0.29) is 18.1 Å². The third kappa shape index (κ3) is 3.42. The van der Waals surface area contributed by atoms with Crippen LogP contribution in [0.3, 0.4) is 0 Å². The Labute approximate surface area is 107 Å². The van der Waals surface area contributed by atoms with Gasteiger partial charge < -0.3 is 5.32 Å². The van der Waals surface area contributed by atoms with Crippen LogP contribution in [-0.4, -0.2) is 11.9 Å². The number of benzene rings is 1. The summed E-state index contributed by atoms with van der Waals surface area (Å²) in [7, 11) is 0. The van der Waals surface area contributed by atoms with Crippen LogP contribution in [0.1, 0.15) is 36.8 Å². The summed E-state index contributed by atoms with van der Waals surface area (Å²) in [5, 5.41) is 3.00. The van der Waals surface area contributed by atoms with Crippen LogP contribution >= 0.6 is 0 Å². The van der Waals surface area contributed by atoms with Gasteiger partial charge in [0.25, 0.3) is 0 Å². The third-order valence-corrected chi connectivity index (χ3v) is 3.30. The molecule has 0 spiro atoms. The molecule has 1 fully saturated rings. The molecule has 0 radical (unpaired) electrons. The normalized spacial score (nSPS) is 15.6. The zero-order valence-corrected chi connectivity index (χ0v) is 10.4. The molecular weight excluding hydrogens is 229 g/mol. The van der Waals surface area contributed by atoms with Crippen LogP contribution in [0.4, 0.5) is 4.39 Å². The van der Waals surface area contributed by atoms with Crippen molar-refractivity contribution in [3.8, 4) is 0 Å². The molecule has 1 aromatic rings. The summed E-state index contributed by atoms with van der Waals surface area (Å²) in [5.41, 5.74) is 1.40. The number of carbonyl (C=O) groups is 1. The highest BCUT2D eigenvalue weighted by Crippen LogP contribution is 2.18. The molecule has 0 heterocycles. The third-order valence-electron chi connectivity index (χ3n) is 3.30. The summed E-state index contributed by atoms with van der Waals surface area (Å²) < 4.78 is 13.3. The molecule has 1 aliphatic carbocycles. The Balaban J connectivity index is 1.97. The van der Waals surface area contributed by atoms with Crippen LogP contribution in [0.15, 0.2) is 24.8 Å². The van der Waals surface area contributed by atoms with Gasteiger partial charge in [-0.1, -0.05) is 31.6 Å². The van der Waals surface area contributed by atoms with E-state index >= 15 is 0 Å². The van der Waals surface area contributed by atoms with Gasteiger partial charge in [0, 0.05) is 6.04 Å². The fourth-order valence-corrected chi connectivity index (χ4v) is 2.43. The maximum atomic E-state index is 13.3. The molecule has 0 unspecified atom stereocenters. The first-order valence-electron chi connectivity index (χ1n) is 6.38. The molecule has 1 N–H and O–H groups in total. The summed E-state index contributed by atoms with van der Waals surface area (Å²) in [5.74, 6) is -0.349. The number of rotatable bonds is 4. The Bertz CT molecular complexity index is 450. The highest BCUT2D eigenvalue weighted by Gasteiger charge is 2.17. The lowest BCUT2D eigenvalue weighted by Crippen LogP contribution is -2.33. The van der Waals surface area contributed by atoms with Crippen molar-refractivity contribution >= 4 is 12.0 Å². The molecule has 18 heavy (non-hydrogen) atoms. The van der Waals surface area contributed by atoms with Crippen LogP contribution in [-0.2, 0) is 11.2 Å². The molecule has 0 aliphatic heterocycles. The second-order valence-electron chi connectivity index (χ2n) is 4.82. The van der Waals surface area contributed by atoms with Gasteiger partial charge in [-0.2, -0.15) is 0 Å². The number of halogens is 1. The molecule has 0 saturated heterocycles. The van der Waals surface area contributed by atoms with Crippen LogP contribution in [0, 0.1) is 5.82 Å². The van der Waals surface area contributed by atoms with Crippen molar-refractivity contribution in [2.24, 2.45) is 0 Å². The second kappa shape index (κ2) is 5.80. The van der Waals surface area contributed by atoms with Crippen molar-refractivity contribution < 1.29 is 9.18 Å². The summed E-state index contributed by atoms with van der Waals surface area (Å²) in [6, 6.07) is 4.92. The van der Waals surface area contributed by atoms with Crippen molar-refractivity contribution in [2.45, 2.75) is 38.1 Å². The molecule has 1 amide bonds. The van der Waals surface area contributed by atoms with Crippen molar-refractivity contribution in [2.75, 3.05) is 0 Å². The Kier molecular flexibility index (Phi) is 4.13. The van der Waals surface area contributed by atoms with E-state index in [4.69, 9.17) is 0 Å². The van der Waals surface area contributed by atoms with E-state index in [9.17, 15) is 9.18 Å². The molecule has 0 atom stereocenters. The van der Waals surface area contributed by atoms with Gasteiger partial charge in [-0.3, -0.25) is 4.79 Å². The van der Waals surface area contributed by atoms with Gasteiger partial charge in [0.1, 0.15) is 5.82 Å². The standard InChI is InChI=1S/C15H18FNO/c1-2-11-7-12(9-13(16)8-11)10-15(18)17-14-5-3-4-6-14/h2,7-9,14H,1,3-6,10H2,(H,17,18). The van der Waals surface area contributed by atoms with E-state index in [0.717, 1.165) is 12.8 Å². The molecule has 0 bridgehead atoms. The van der Waals surface area contributed by atoms with Crippen LogP contribution in [0.5, 0.6) is 0 Å². The fourth-order valence-electron chi connectivity index (χ4n) is 2.43. The first kappa shape index (κ1) is 12.8. The van der Waals surface area contributed by atoms with Crippen molar-refractivity contribution in [1.29, 1.82) is 0 Å². The van der Waals surface area contributed by atoms with Crippen molar-refractivity contribution in [1.82, 2.24) is 5.32 Å². The topological polar surface area (TPSA) is 29.1 Å². The maximum Gasteiger partial charge on any atom is 0.224 e. The van der Waals surface area contributed by atoms with Crippen LogP contribution in [0.2, 0.25) is 0 Å². The van der Waals surface area contributed by atoms with Crippen molar-refractivity contribution in [3.63, 3.8) is 0 Å². The van der Waals surface area contributed by atoms with E-state index in [2.05, 4.69) is 11.9 Å². The smallest absolute Gasteiger partial charge is 0.224 e. The van der Waals surface area contributed by atoms with Gasteiger partial charge in [-0.25, -0.2) is 4.39 Å². The Morgan fingerprint density at radius 1 is 1.39 bits per heavy atom. The van der Waals surface area contributed by atoms with Crippen LogP contribution < -0.4 is 5.32 Å². The number of carbonyl (C=O) groups excluding carboxylic acids is 1. The van der Waals surface area contributed by atoms with Gasteiger partial charge in [0.2, 0.25) is 5.91 Å². The SMILES string of the molecule is C=Cc1cc(F)cc(CC(=O)NC2CCCC2)c1. The molecule has 1 aromatic carbocycles. The lowest BCUT2D eigenvalue weighted by Gasteiger charge is -2.12. The van der Waals surface area contributed by atoms with Gasteiger partial charge in [0.15, 0.2) is 0 Å². The first-order valence-corrected chi connectivity index (χ1v) is 6.38. The number of amides is 1. The zero-order chi connectivity index (χ0) is 13.0. The summed E-state index contributed by atoms with van der Waals surface area (Å²) in [6.07, 6.45) is 6.31. The van der Waals surface area contributed by atoms with E-state index in [1.807, 2.05) is 0 Å².